The molecule has 120 valence electrons. The van der Waals surface area contributed by atoms with Gasteiger partial charge in [0.25, 0.3) is 0 Å². The van der Waals surface area contributed by atoms with Crippen molar-refractivity contribution < 1.29 is 5.11 Å². The van der Waals surface area contributed by atoms with Gasteiger partial charge in [0.1, 0.15) is 0 Å². The number of benzene rings is 2. The van der Waals surface area contributed by atoms with Crippen LogP contribution in [0.15, 0.2) is 55.0 Å². The summed E-state index contributed by atoms with van der Waals surface area (Å²) in [7, 11) is 0. The van der Waals surface area contributed by atoms with Crippen LogP contribution in [0.1, 0.15) is 35.3 Å². The summed E-state index contributed by atoms with van der Waals surface area (Å²) < 4.78 is 2.22. The van der Waals surface area contributed by atoms with Crippen LogP contribution in [0, 0.1) is 5.92 Å². The molecule has 2 aliphatic rings. The first-order valence-electron chi connectivity index (χ1n) is 8.41. The Kier molecular flexibility index (Phi) is 2.85. The van der Waals surface area contributed by atoms with Gasteiger partial charge in [-0.15, -0.1) is 0 Å². The lowest BCUT2D eigenvalue weighted by molar-refractivity contribution is 0.0721. The topological polar surface area (TPSA) is 64.1 Å². The maximum Gasteiger partial charge on any atom is 0.0956 e. The van der Waals surface area contributed by atoms with Crippen molar-refractivity contribution >= 4 is 5.69 Å². The number of aliphatic hydroxyl groups is 1. The quantitative estimate of drug-likeness (QED) is 0.677. The van der Waals surface area contributed by atoms with Gasteiger partial charge in [-0.05, 0) is 41.7 Å². The van der Waals surface area contributed by atoms with E-state index in [1.165, 1.54) is 16.7 Å². The van der Waals surface area contributed by atoms with Gasteiger partial charge in [-0.2, -0.15) is 0 Å². The maximum absolute atomic E-state index is 11.1. The summed E-state index contributed by atoms with van der Waals surface area (Å²) in [6, 6.07) is 14.5. The van der Waals surface area contributed by atoms with Crippen molar-refractivity contribution in [3.63, 3.8) is 0 Å². The van der Waals surface area contributed by atoms with Crippen LogP contribution in [0.2, 0.25) is 0 Å². The molecule has 3 unspecified atom stereocenters. The monoisotopic (exact) mass is 317 g/mol. The zero-order valence-electron chi connectivity index (χ0n) is 13.3. The number of fused-ring (bicyclic) bond motifs is 4. The van der Waals surface area contributed by atoms with Crippen LogP contribution in [-0.2, 0) is 6.42 Å². The van der Waals surface area contributed by atoms with E-state index in [0.29, 0.717) is 5.69 Å². The van der Waals surface area contributed by atoms with E-state index >= 15 is 0 Å². The van der Waals surface area contributed by atoms with Crippen molar-refractivity contribution in [2.45, 2.75) is 25.0 Å². The number of nitrogens with zero attached hydrogens (tertiary/aromatic N) is 2. The molecule has 4 nitrogen and oxygen atoms in total. The normalized spacial score (nSPS) is 24.3. The maximum atomic E-state index is 11.1. The van der Waals surface area contributed by atoms with Gasteiger partial charge < -0.3 is 15.4 Å². The highest BCUT2D eigenvalue weighted by Gasteiger charge is 2.40. The molecule has 1 aromatic heterocycles. The summed E-state index contributed by atoms with van der Waals surface area (Å²) in [4.78, 5) is 4.33. The Morgan fingerprint density at radius 2 is 2.00 bits per heavy atom. The van der Waals surface area contributed by atoms with E-state index < -0.39 is 6.10 Å². The molecule has 0 amide bonds. The van der Waals surface area contributed by atoms with E-state index in [1.54, 1.807) is 0 Å². The van der Waals surface area contributed by atoms with E-state index in [0.717, 1.165) is 24.1 Å². The summed E-state index contributed by atoms with van der Waals surface area (Å²) >= 11 is 0. The number of anilines is 1. The Hall–Kier alpha value is -2.59. The largest absolute Gasteiger partial charge is 0.399 e. The summed E-state index contributed by atoms with van der Waals surface area (Å²) in [5.74, 6) is 0.121. The second kappa shape index (κ2) is 4.95. The number of hydrogen-bond donors (Lipinski definition) is 2. The van der Waals surface area contributed by atoms with E-state index in [4.69, 9.17) is 5.73 Å². The van der Waals surface area contributed by atoms with E-state index in [2.05, 4.69) is 39.9 Å². The molecule has 0 saturated heterocycles. The zero-order chi connectivity index (χ0) is 16.3. The van der Waals surface area contributed by atoms with Gasteiger partial charge in [0.2, 0.25) is 0 Å². The van der Waals surface area contributed by atoms with Crippen LogP contribution < -0.4 is 5.73 Å². The standard InChI is InChI=1S/C20H19N3O/c21-13-7-5-12-6-8-16(20(24)17(12)9-13)19-15-4-2-1-3-14(15)18-10-22-11-23(18)19/h1-5,7,9-11,16,19-20,24H,6,8,21H2. The number of aliphatic hydroxyl groups excluding tert-OH is 1. The van der Waals surface area contributed by atoms with Crippen LogP contribution in [0.5, 0.6) is 0 Å². The van der Waals surface area contributed by atoms with Crippen molar-refractivity contribution in [1.29, 1.82) is 0 Å². The molecule has 3 N–H and O–H groups in total. The highest BCUT2D eigenvalue weighted by atomic mass is 16.3. The van der Waals surface area contributed by atoms with Crippen LogP contribution >= 0.6 is 0 Å². The molecule has 5 rings (SSSR count). The number of aryl methyl sites for hydroxylation is 1. The fourth-order valence-corrected chi connectivity index (χ4v) is 4.47. The molecule has 4 heteroatoms. The van der Waals surface area contributed by atoms with Gasteiger partial charge in [-0.1, -0.05) is 30.3 Å². The fraction of sp³-hybridized carbons (Fsp3) is 0.250. The third-order valence-corrected chi connectivity index (χ3v) is 5.57. The Bertz CT molecular complexity index is 930. The minimum Gasteiger partial charge on any atom is -0.399 e. The predicted molar refractivity (Wildman–Crippen MR) is 93.4 cm³/mol. The molecular formula is C20H19N3O. The second-order valence-corrected chi connectivity index (χ2v) is 6.82. The lowest BCUT2D eigenvalue weighted by Gasteiger charge is -2.35. The van der Waals surface area contributed by atoms with Crippen LogP contribution in [0.3, 0.4) is 0 Å². The molecule has 1 aliphatic heterocycles. The molecule has 3 atom stereocenters. The number of imidazole rings is 1. The Labute approximate surface area is 140 Å². The van der Waals surface area contributed by atoms with Crippen molar-refractivity contribution in [1.82, 2.24) is 9.55 Å². The van der Waals surface area contributed by atoms with Crippen LogP contribution in [0.4, 0.5) is 5.69 Å². The molecule has 2 aromatic carbocycles. The summed E-state index contributed by atoms with van der Waals surface area (Å²) in [5.41, 5.74) is 12.5. The lowest BCUT2D eigenvalue weighted by Crippen LogP contribution is -2.28. The van der Waals surface area contributed by atoms with Crippen molar-refractivity contribution in [2.24, 2.45) is 5.92 Å². The highest BCUT2D eigenvalue weighted by Crippen LogP contribution is 2.49. The van der Waals surface area contributed by atoms with Gasteiger partial charge in [-0.3, -0.25) is 0 Å². The molecule has 1 aliphatic carbocycles. The first-order valence-corrected chi connectivity index (χ1v) is 8.41. The smallest absolute Gasteiger partial charge is 0.0956 e. The van der Waals surface area contributed by atoms with Crippen LogP contribution in [0.25, 0.3) is 11.3 Å². The Balaban J connectivity index is 1.63. The molecule has 0 saturated carbocycles. The molecule has 0 fully saturated rings. The number of nitrogens with two attached hydrogens (primary N) is 1. The van der Waals surface area contributed by atoms with Gasteiger partial charge in [0.05, 0.1) is 30.4 Å². The van der Waals surface area contributed by atoms with Crippen molar-refractivity contribution in [2.75, 3.05) is 5.73 Å². The minimum absolute atomic E-state index is 0.121. The van der Waals surface area contributed by atoms with Crippen molar-refractivity contribution in [3.8, 4) is 11.3 Å². The number of rotatable bonds is 1. The highest BCUT2D eigenvalue weighted by molar-refractivity contribution is 5.69. The summed E-state index contributed by atoms with van der Waals surface area (Å²) in [5, 5.41) is 11.1. The lowest BCUT2D eigenvalue weighted by atomic mass is 9.76. The Morgan fingerprint density at radius 3 is 2.92 bits per heavy atom. The summed E-state index contributed by atoms with van der Waals surface area (Å²) in [6.45, 7) is 0. The fourth-order valence-electron chi connectivity index (χ4n) is 4.47. The van der Waals surface area contributed by atoms with E-state index in [-0.39, 0.29) is 12.0 Å². The van der Waals surface area contributed by atoms with Gasteiger partial charge in [0, 0.05) is 17.2 Å². The molecule has 24 heavy (non-hydrogen) atoms. The third kappa shape index (κ3) is 1.80. The average molecular weight is 317 g/mol. The third-order valence-electron chi connectivity index (χ3n) is 5.57. The zero-order valence-corrected chi connectivity index (χ0v) is 13.3. The van der Waals surface area contributed by atoms with E-state index in [1.807, 2.05) is 24.7 Å². The number of nitrogen functional groups attached to an aromatic ring is 1. The molecule has 0 spiro atoms. The molecule has 2 heterocycles. The number of hydrogen-bond acceptors (Lipinski definition) is 3. The van der Waals surface area contributed by atoms with Gasteiger partial charge in [-0.25, -0.2) is 4.98 Å². The van der Waals surface area contributed by atoms with Gasteiger partial charge in [0.15, 0.2) is 0 Å². The van der Waals surface area contributed by atoms with E-state index in [9.17, 15) is 5.11 Å². The predicted octanol–water partition coefficient (Wildman–Crippen LogP) is 3.33. The summed E-state index contributed by atoms with van der Waals surface area (Å²) in [6.07, 6.45) is 5.22. The van der Waals surface area contributed by atoms with Crippen molar-refractivity contribution in [3.05, 3.63) is 71.7 Å². The van der Waals surface area contributed by atoms with Gasteiger partial charge >= 0.3 is 0 Å². The molecule has 0 radical (unpaired) electrons. The molecule has 0 bridgehead atoms. The second-order valence-electron chi connectivity index (χ2n) is 6.82. The first-order chi connectivity index (χ1) is 11.7. The average Bonchev–Trinajstić information content (AvgIpc) is 3.17. The molecule has 3 aromatic rings. The molecular weight excluding hydrogens is 298 g/mol. The van der Waals surface area contributed by atoms with Crippen LogP contribution in [-0.4, -0.2) is 14.7 Å². The Morgan fingerprint density at radius 1 is 1.12 bits per heavy atom. The number of aromatic nitrogens is 2. The SMILES string of the molecule is Nc1ccc2c(c1)C(O)C(C1c3ccccc3-c3cncn31)CC2. The first kappa shape index (κ1) is 13.8. The minimum atomic E-state index is -0.511.